The summed E-state index contributed by atoms with van der Waals surface area (Å²) in [6.07, 6.45) is 1.70. The molecule has 6 nitrogen and oxygen atoms in total. The fourth-order valence-electron chi connectivity index (χ4n) is 1.42. The molecular weight excluding hydrogens is 204 g/mol. The number of rotatable bonds is 0. The van der Waals surface area contributed by atoms with E-state index in [0.29, 0.717) is 12.4 Å². The van der Waals surface area contributed by atoms with Gasteiger partial charge in [0.05, 0.1) is 12.4 Å². The van der Waals surface area contributed by atoms with Crippen LogP contribution in [0.15, 0.2) is 23.5 Å². The summed E-state index contributed by atoms with van der Waals surface area (Å²) in [6, 6.07) is 0. The Bertz CT molecular complexity index is 352. The van der Waals surface area contributed by atoms with Gasteiger partial charge >= 0.3 is 0 Å². The van der Waals surface area contributed by atoms with Gasteiger partial charge in [-0.1, -0.05) is 0 Å². The maximum absolute atomic E-state index is 11.4. The first-order valence-electron chi connectivity index (χ1n) is 4.11. The summed E-state index contributed by atoms with van der Waals surface area (Å²) in [5.74, 6) is -0.0635. The summed E-state index contributed by atoms with van der Waals surface area (Å²) in [6.45, 7) is 0.632. The summed E-state index contributed by atoms with van der Waals surface area (Å²) >= 11 is -1.42. The number of hydrogen-bond donors (Lipinski definition) is 3. The van der Waals surface area contributed by atoms with E-state index in [1.807, 2.05) is 11.9 Å². The zero-order valence-corrected chi connectivity index (χ0v) is 8.76. The lowest BCUT2D eigenvalue weighted by atomic mass is 10.3. The first kappa shape index (κ1) is 9.20. The minimum Gasteiger partial charge on any atom is -0.493 e. The molecule has 0 amide bonds. The summed E-state index contributed by atoms with van der Waals surface area (Å²) in [4.78, 5) is 1.84. The van der Waals surface area contributed by atoms with E-state index in [9.17, 15) is 9.32 Å². The zero-order valence-electron chi connectivity index (χ0n) is 7.94. The fourth-order valence-corrected chi connectivity index (χ4v) is 2.03. The zero-order chi connectivity index (χ0) is 10.3. The van der Waals surface area contributed by atoms with E-state index in [0.717, 1.165) is 5.70 Å². The summed E-state index contributed by atoms with van der Waals surface area (Å²) in [5.41, 5.74) is 1.41. The Morgan fingerprint density at radius 3 is 3.00 bits per heavy atom. The quantitative estimate of drug-likeness (QED) is 0.494. The molecule has 0 aromatic carbocycles. The number of hydrogen-bond acceptors (Lipinski definition) is 4. The maximum Gasteiger partial charge on any atom is 0.224 e. The second-order valence-corrected chi connectivity index (χ2v) is 4.45. The van der Waals surface area contributed by atoms with Gasteiger partial charge in [-0.15, -0.1) is 0 Å². The molecule has 1 saturated heterocycles. The van der Waals surface area contributed by atoms with E-state index < -0.39 is 11.2 Å². The van der Waals surface area contributed by atoms with Crippen LogP contribution in [0, 0.1) is 0 Å². The van der Waals surface area contributed by atoms with Gasteiger partial charge in [-0.05, 0) is 0 Å². The van der Waals surface area contributed by atoms with Gasteiger partial charge in [-0.2, -0.15) is 0 Å². The second kappa shape index (κ2) is 3.09. The van der Waals surface area contributed by atoms with Crippen LogP contribution in [0.25, 0.3) is 0 Å². The van der Waals surface area contributed by atoms with Crippen molar-refractivity contribution in [3.05, 3.63) is 23.5 Å². The van der Waals surface area contributed by atoms with Crippen molar-refractivity contribution >= 4 is 11.2 Å². The van der Waals surface area contributed by atoms with Gasteiger partial charge in [0.25, 0.3) is 0 Å². The summed E-state index contributed by atoms with van der Waals surface area (Å²) in [7, 11) is 3.52. The first-order chi connectivity index (χ1) is 6.59. The molecule has 2 heterocycles. The number of nitrogens with zero attached hydrogens (tertiary/aromatic N) is 2. The van der Waals surface area contributed by atoms with Gasteiger partial charge in [0.2, 0.25) is 17.1 Å². The Labute approximate surface area is 84.6 Å². The van der Waals surface area contributed by atoms with Crippen LogP contribution in [-0.4, -0.2) is 39.3 Å². The topological polar surface area (TPSA) is 67.8 Å². The number of aliphatic hydroxyl groups is 1. The third-order valence-electron chi connectivity index (χ3n) is 2.12. The van der Waals surface area contributed by atoms with E-state index >= 15 is 0 Å². The summed E-state index contributed by atoms with van der Waals surface area (Å²) < 4.78 is 15.4. The molecule has 1 fully saturated rings. The molecule has 0 radical (unpaired) electrons. The molecular formula is C7H12N4O2S. The van der Waals surface area contributed by atoms with Crippen molar-refractivity contribution in [3.8, 4) is 0 Å². The molecule has 0 spiro atoms. The molecule has 2 aliphatic rings. The van der Waals surface area contributed by atoms with Crippen molar-refractivity contribution < 1.29 is 9.32 Å². The Hall–Kier alpha value is -1.37. The van der Waals surface area contributed by atoms with Gasteiger partial charge in [0.15, 0.2) is 0 Å². The van der Waals surface area contributed by atoms with Gasteiger partial charge in [-0.3, -0.25) is 9.03 Å². The van der Waals surface area contributed by atoms with E-state index in [1.54, 1.807) is 13.2 Å². The molecule has 1 unspecified atom stereocenters. The molecule has 7 heteroatoms. The Morgan fingerprint density at radius 2 is 2.29 bits per heavy atom. The highest BCUT2D eigenvalue weighted by molar-refractivity contribution is 7.80. The van der Waals surface area contributed by atoms with Crippen molar-refractivity contribution in [3.63, 3.8) is 0 Å². The second-order valence-electron chi connectivity index (χ2n) is 3.17. The molecule has 78 valence electrons. The van der Waals surface area contributed by atoms with Gasteiger partial charge in [-0.25, -0.2) is 4.21 Å². The minimum atomic E-state index is -1.42. The Morgan fingerprint density at radius 1 is 1.57 bits per heavy atom. The molecule has 3 N–H and O–H groups in total. The molecule has 2 rings (SSSR count). The van der Waals surface area contributed by atoms with E-state index in [2.05, 4.69) is 10.0 Å². The summed E-state index contributed by atoms with van der Waals surface area (Å²) in [5, 5.41) is 12.7. The monoisotopic (exact) mass is 216 g/mol. The van der Waals surface area contributed by atoms with Crippen LogP contribution in [0.1, 0.15) is 0 Å². The van der Waals surface area contributed by atoms with E-state index in [-0.39, 0.29) is 5.88 Å². The van der Waals surface area contributed by atoms with Crippen molar-refractivity contribution in [2.45, 2.75) is 0 Å². The molecule has 0 saturated carbocycles. The highest BCUT2D eigenvalue weighted by Crippen LogP contribution is 2.22. The van der Waals surface area contributed by atoms with Crippen LogP contribution < -0.4 is 10.0 Å². The van der Waals surface area contributed by atoms with Crippen LogP contribution in [0.2, 0.25) is 0 Å². The highest BCUT2D eigenvalue weighted by atomic mass is 32.2. The Kier molecular flexibility index (Phi) is 2.03. The average molecular weight is 216 g/mol. The number of likely N-dealkylation sites (N-methyl/N-ethyl adjacent to an activating group) is 1. The first-order valence-corrected chi connectivity index (χ1v) is 5.22. The lowest BCUT2D eigenvalue weighted by molar-refractivity contribution is 0.353. The highest BCUT2D eigenvalue weighted by Gasteiger charge is 2.27. The Balaban J connectivity index is 2.45. The van der Waals surface area contributed by atoms with Crippen LogP contribution in [0.3, 0.4) is 0 Å². The fraction of sp³-hybridized carbons (Fsp3) is 0.429. The molecule has 0 bridgehead atoms. The standard InChI is InChI=1S/C7H12N4O2S/c1-10-4-8-5-3-11(2)14(13)9-7(12)6(5)10/h3,8-9,12H,4H2,1-2H3. The maximum atomic E-state index is 11.4. The lowest BCUT2D eigenvalue weighted by Gasteiger charge is -2.13. The molecule has 1 atom stereocenters. The number of aliphatic hydroxyl groups excluding tert-OH is 1. The lowest BCUT2D eigenvalue weighted by Crippen LogP contribution is -2.28. The van der Waals surface area contributed by atoms with Gasteiger partial charge < -0.3 is 15.3 Å². The van der Waals surface area contributed by atoms with E-state index in [1.165, 1.54) is 4.31 Å². The smallest absolute Gasteiger partial charge is 0.224 e. The third-order valence-corrected chi connectivity index (χ3v) is 3.12. The molecule has 2 aliphatic heterocycles. The van der Waals surface area contributed by atoms with Crippen LogP contribution >= 0.6 is 0 Å². The largest absolute Gasteiger partial charge is 0.493 e. The van der Waals surface area contributed by atoms with Crippen LogP contribution in [-0.2, 0) is 11.2 Å². The van der Waals surface area contributed by atoms with Crippen molar-refractivity contribution in [2.75, 3.05) is 20.8 Å². The predicted molar refractivity (Wildman–Crippen MR) is 52.5 cm³/mol. The average Bonchev–Trinajstić information content (AvgIpc) is 2.41. The number of nitrogens with one attached hydrogen (secondary N) is 2. The third kappa shape index (κ3) is 1.29. The van der Waals surface area contributed by atoms with Crippen molar-refractivity contribution in [1.82, 2.24) is 19.2 Å². The molecule has 0 aliphatic carbocycles. The van der Waals surface area contributed by atoms with Gasteiger partial charge in [0, 0.05) is 20.3 Å². The van der Waals surface area contributed by atoms with Crippen molar-refractivity contribution in [2.24, 2.45) is 0 Å². The van der Waals surface area contributed by atoms with Crippen LogP contribution in [0.5, 0.6) is 0 Å². The normalized spacial score (nSPS) is 26.4. The number of fused-ring (bicyclic) bond motifs is 1. The van der Waals surface area contributed by atoms with Crippen LogP contribution in [0.4, 0.5) is 0 Å². The molecule has 0 aromatic rings. The van der Waals surface area contributed by atoms with Gasteiger partial charge in [0.1, 0.15) is 5.70 Å². The SMILES string of the molecule is CN1CNC2=CN(C)S(=O)NC(O)=C21. The predicted octanol–water partition coefficient (Wildman–Crippen LogP) is -0.839. The molecule has 0 aromatic heterocycles. The minimum absolute atomic E-state index is 0.0635. The molecule has 14 heavy (non-hydrogen) atoms. The van der Waals surface area contributed by atoms with Crippen molar-refractivity contribution in [1.29, 1.82) is 0 Å². The van der Waals surface area contributed by atoms with E-state index in [4.69, 9.17) is 0 Å².